The molecule has 1 N–H and O–H groups in total. The summed E-state index contributed by atoms with van der Waals surface area (Å²) in [7, 11) is 0. The predicted octanol–water partition coefficient (Wildman–Crippen LogP) is 4.56. The number of aliphatic hydroxyl groups excluding tert-OH is 1. The van der Waals surface area contributed by atoms with Gasteiger partial charge in [-0.1, -0.05) is 12.1 Å². The van der Waals surface area contributed by atoms with E-state index < -0.39 is 5.78 Å². The van der Waals surface area contributed by atoms with E-state index >= 15 is 0 Å². The number of halogens is 1. The summed E-state index contributed by atoms with van der Waals surface area (Å²) in [5, 5.41) is 12.4. The molecule has 3 aromatic rings. The number of benzene rings is 1. The number of hydrogen-bond acceptors (Lipinski definition) is 5. The Morgan fingerprint density at radius 3 is 2.71 bits per heavy atom. The standard InChI is InChI=1S/C18H14FNO3S/c1-11-20-15(10-24-11)16(21)9-17(22)18-7-6-14(23-18)8-12-2-4-13(19)5-3-12/h2-7,9-10,21H,8H2,1H3. The highest BCUT2D eigenvalue weighted by atomic mass is 32.1. The molecule has 2 heterocycles. The fraction of sp³-hybridized carbons (Fsp3) is 0.111. The van der Waals surface area contributed by atoms with Crippen molar-refractivity contribution >= 4 is 22.9 Å². The molecule has 122 valence electrons. The third-order valence-corrected chi connectivity index (χ3v) is 4.12. The van der Waals surface area contributed by atoms with Crippen LogP contribution in [0.15, 0.2) is 52.3 Å². The van der Waals surface area contributed by atoms with Gasteiger partial charge in [0.1, 0.15) is 23.0 Å². The Bertz CT molecular complexity index is 893. The molecular formula is C18H14FNO3S. The van der Waals surface area contributed by atoms with Crippen molar-refractivity contribution in [3.63, 3.8) is 0 Å². The lowest BCUT2D eigenvalue weighted by molar-refractivity contribution is 0.101. The minimum absolute atomic E-state index is 0.130. The van der Waals surface area contributed by atoms with Crippen LogP contribution in [0.2, 0.25) is 0 Å². The average Bonchev–Trinajstić information content (AvgIpc) is 3.19. The van der Waals surface area contributed by atoms with Gasteiger partial charge in [-0.2, -0.15) is 0 Å². The van der Waals surface area contributed by atoms with Gasteiger partial charge in [-0.05, 0) is 36.8 Å². The number of aromatic nitrogens is 1. The molecule has 0 radical (unpaired) electrons. The minimum Gasteiger partial charge on any atom is -0.506 e. The maximum Gasteiger partial charge on any atom is 0.224 e. The topological polar surface area (TPSA) is 63.3 Å². The van der Waals surface area contributed by atoms with E-state index in [4.69, 9.17) is 4.42 Å². The summed E-state index contributed by atoms with van der Waals surface area (Å²) in [6.45, 7) is 1.82. The van der Waals surface area contributed by atoms with Crippen molar-refractivity contribution in [3.8, 4) is 0 Å². The molecule has 1 aromatic carbocycles. The van der Waals surface area contributed by atoms with Crippen LogP contribution >= 0.6 is 11.3 Å². The van der Waals surface area contributed by atoms with Crippen LogP contribution in [-0.4, -0.2) is 15.9 Å². The number of thiazole rings is 1. The second-order valence-corrected chi connectivity index (χ2v) is 6.28. The molecule has 6 heteroatoms. The number of hydrogen-bond donors (Lipinski definition) is 1. The Labute approximate surface area is 141 Å². The lowest BCUT2D eigenvalue weighted by Gasteiger charge is -1.98. The van der Waals surface area contributed by atoms with E-state index in [1.54, 1.807) is 29.6 Å². The molecule has 0 aliphatic carbocycles. The summed E-state index contributed by atoms with van der Waals surface area (Å²) in [5.41, 5.74) is 1.24. The van der Waals surface area contributed by atoms with E-state index in [0.717, 1.165) is 16.6 Å². The smallest absolute Gasteiger partial charge is 0.224 e. The molecule has 0 saturated heterocycles. The van der Waals surface area contributed by atoms with E-state index in [0.29, 0.717) is 17.9 Å². The van der Waals surface area contributed by atoms with Crippen LogP contribution in [0, 0.1) is 12.7 Å². The number of furan rings is 1. The molecule has 0 aliphatic rings. The lowest BCUT2D eigenvalue weighted by atomic mass is 10.1. The summed E-state index contributed by atoms with van der Waals surface area (Å²) < 4.78 is 18.4. The summed E-state index contributed by atoms with van der Waals surface area (Å²) >= 11 is 1.39. The molecule has 0 fully saturated rings. The first-order chi connectivity index (χ1) is 11.5. The second-order valence-electron chi connectivity index (χ2n) is 5.21. The van der Waals surface area contributed by atoms with Crippen LogP contribution in [-0.2, 0) is 6.42 Å². The molecule has 4 nitrogen and oxygen atoms in total. The first-order valence-corrected chi connectivity index (χ1v) is 8.10. The van der Waals surface area contributed by atoms with Crippen molar-refractivity contribution in [1.29, 1.82) is 0 Å². The number of ketones is 1. The van der Waals surface area contributed by atoms with Crippen molar-refractivity contribution in [3.05, 3.63) is 81.5 Å². The SMILES string of the molecule is Cc1nc(C(O)=CC(=O)c2ccc(Cc3ccc(F)cc3)o2)cs1. The Morgan fingerprint density at radius 2 is 2.04 bits per heavy atom. The van der Waals surface area contributed by atoms with E-state index in [1.807, 2.05) is 6.92 Å². The molecule has 3 rings (SSSR count). The Morgan fingerprint density at radius 1 is 1.29 bits per heavy atom. The summed E-state index contributed by atoms with van der Waals surface area (Å²) in [6, 6.07) is 9.32. The highest BCUT2D eigenvalue weighted by Gasteiger charge is 2.12. The van der Waals surface area contributed by atoms with Gasteiger partial charge in [0.2, 0.25) is 5.78 Å². The molecule has 0 atom stereocenters. The third-order valence-electron chi connectivity index (χ3n) is 3.35. The van der Waals surface area contributed by atoms with Gasteiger partial charge in [-0.3, -0.25) is 4.79 Å². The van der Waals surface area contributed by atoms with E-state index in [-0.39, 0.29) is 17.3 Å². The number of carbonyl (C=O) groups excluding carboxylic acids is 1. The normalized spacial score (nSPS) is 11.7. The number of aliphatic hydroxyl groups is 1. The van der Waals surface area contributed by atoms with Crippen molar-refractivity contribution in [2.45, 2.75) is 13.3 Å². The van der Waals surface area contributed by atoms with Gasteiger partial charge in [0.05, 0.1) is 5.01 Å². The highest BCUT2D eigenvalue weighted by Crippen LogP contribution is 2.18. The Hall–Kier alpha value is -2.73. The van der Waals surface area contributed by atoms with Crippen LogP contribution in [0.25, 0.3) is 5.76 Å². The van der Waals surface area contributed by atoms with Gasteiger partial charge in [0.25, 0.3) is 0 Å². The predicted molar refractivity (Wildman–Crippen MR) is 89.7 cm³/mol. The van der Waals surface area contributed by atoms with Gasteiger partial charge >= 0.3 is 0 Å². The Kier molecular flexibility index (Phi) is 4.57. The van der Waals surface area contributed by atoms with Crippen LogP contribution in [0.4, 0.5) is 4.39 Å². The first-order valence-electron chi connectivity index (χ1n) is 7.22. The van der Waals surface area contributed by atoms with E-state index in [1.165, 1.54) is 23.5 Å². The molecule has 2 aromatic heterocycles. The monoisotopic (exact) mass is 343 g/mol. The molecule has 0 unspecified atom stereocenters. The van der Waals surface area contributed by atoms with E-state index in [2.05, 4.69) is 4.98 Å². The van der Waals surface area contributed by atoms with Crippen molar-refractivity contribution in [2.24, 2.45) is 0 Å². The van der Waals surface area contributed by atoms with Gasteiger partial charge in [0, 0.05) is 17.9 Å². The molecule has 0 saturated carbocycles. The van der Waals surface area contributed by atoms with Gasteiger partial charge in [-0.25, -0.2) is 9.37 Å². The fourth-order valence-corrected chi connectivity index (χ4v) is 2.77. The fourth-order valence-electron chi connectivity index (χ4n) is 2.16. The lowest BCUT2D eigenvalue weighted by Crippen LogP contribution is -1.95. The van der Waals surface area contributed by atoms with Crippen molar-refractivity contribution in [2.75, 3.05) is 0 Å². The minimum atomic E-state index is -0.441. The number of carbonyl (C=O) groups is 1. The largest absolute Gasteiger partial charge is 0.506 e. The second kappa shape index (κ2) is 6.80. The third kappa shape index (κ3) is 3.78. The van der Waals surface area contributed by atoms with Gasteiger partial charge in [-0.15, -0.1) is 11.3 Å². The molecule has 0 spiro atoms. The van der Waals surface area contributed by atoms with Crippen LogP contribution in [0.5, 0.6) is 0 Å². The van der Waals surface area contributed by atoms with Crippen molar-refractivity contribution in [1.82, 2.24) is 4.98 Å². The number of aryl methyl sites for hydroxylation is 1. The van der Waals surface area contributed by atoms with Gasteiger partial charge in [0.15, 0.2) is 5.76 Å². The van der Waals surface area contributed by atoms with Crippen LogP contribution < -0.4 is 0 Å². The summed E-state index contributed by atoms with van der Waals surface area (Å²) in [4.78, 5) is 16.3. The molecular weight excluding hydrogens is 329 g/mol. The summed E-state index contributed by atoms with van der Waals surface area (Å²) in [5.74, 6) is -0.218. The number of nitrogens with zero attached hydrogens (tertiary/aromatic N) is 1. The van der Waals surface area contributed by atoms with Gasteiger partial charge < -0.3 is 9.52 Å². The number of rotatable bonds is 5. The number of allylic oxidation sites excluding steroid dienone is 1. The van der Waals surface area contributed by atoms with Crippen molar-refractivity contribution < 1.29 is 18.7 Å². The summed E-state index contributed by atoms with van der Waals surface area (Å²) in [6.07, 6.45) is 1.55. The maximum atomic E-state index is 12.9. The Balaban J connectivity index is 1.72. The zero-order valence-electron chi connectivity index (χ0n) is 12.8. The molecule has 0 bridgehead atoms. The highest BCUT2D eigenvalue weighted by molar-refractivity contribution is 7.09. The first kappa shape index (κ1) is 16.1. The van der Waals surface area contributed by atoms with Crippen LogP contribution in [0.1, 0.15) is 32.6 Å². The zero-order valence-corrected chi connectivity index (χ0v) is 13.6. The quantitative estimate of drug-likeness (QED) is 0.419. The van der Waals surface area contributed by atoms with E-state index in [9.17, 15) is 14.3 Å². The van der Waals surface area contributed by atoms with Crippen LogP contribution in [0.3, 0.4) is 0 Å². The molecule has 24 heavy (non-hydrogen) atoms. The average molecular weight is 343 g/mol. The molecule has 0 amide bonds. The maximum absolute atomic E-state index is 12.9. The zero-order chi connectivity index (χ0) is 17.1. The molecule has 0 aliphatic heterocycles.